The van der Waals surface area contributed by atoms with Gasteiger partial charge in [0.25, 0.3) is 11.9 Å². The SMILES string of the molecule is CC(=O)O.CC(=O)O.N=C(N)N1CCN(CCOc2cccc(OS(=O)(=O)c3ccccc3Cl)c2)CC1. The van der Waals surface area contributed by atoms with Gasteiger partial charge in [0, 0.05) is 52.6 Å². The first-order valence-corrected chi connectivity index (χ1v) is 12.7. The third kappa shape index (κ3) is 12.8. The molecule has 0 saturated carbocycles. The second-order valence-electron chi connectivity index (χ2n) is 7.54. The van der Waals surface area contributed by atoms with E-state index >= 15 is 0 Å². The van der Waals surface area contributed by atoms with Crippen molar-refractivity contribution in [2.24, 2.45) is 5.73 Å². The van der Waals surface area contributed by atoms with Gasteiger partial charge >= 0.3 is 10.1 Å². The molecule has 204 valence electrons. The van der Waals surface area contributed by atoms with Crippen LogP contribution in [-0.4, -0.2) is 85.7 Å². The Hall–Kier alpha value is -3.55. The number of hydrogen-bond donors (Lipinski definition) is 4. The minimum Gasteiger partial charge on any atom is -0.492 e. The Balaban J connectivity index is 0.000000751. The third-order valence-corrected chi connectivity index (χ3v) is 6.25. The molecule has 0 bridgehead atoms. The maximum absolute atomic E-state index is 12.4. The van der Waals surface area contributed by atoms with E-state index in [4.69, 9.17) is 51.5 Å². The summed E-state index contributed by atoms with van der Waals surface area (Å²) in [6, 6.07) is 12.6. The van der Waals surface area contributed by atoms with Gasteiger partial charge in [-0.3, -0.25) is 19.9 Å². The topological polar surface area (TPSA) is 184 Å². The van der Waals surface area contributed by atoms with E-state index < -0.39 is 22.1 Å². The number of aliphatic carboxylic acids is 2. The Labute approximate surface area is 220 Å². The molecule has 0 atom stereocenters. The second-order valence-corrected chi connectivity index (χ2v) is 9.47. The van der Waals surface area contributed by atoms with E-state index in [0.717, 1.165) is 46.6 Å². The average Bonchev–Trinajstić information content (AvgIpc) is 2.79. The molecule has 0 spiro atoms. The highest BCUT2D eigenvalue weighted by atomic mass is 35.5. The van der Waals surface area contributed by atoms with Crippen molar-refractivity contribution in [3.05, 3.63) is 53.6 Å². The zero-order chi connectivity index (χ0) is 28.0. The van der Waals surface area contributed by atoms with Gasteiger partial charge in [-0.15, -0.1) is 0 Å². The summed E-state index contributed by atoms with van der Waals surface area (Å²) < 4.78 is 35.8. The fraction of sp³-hybridized carbons (Fsp3) is 0.348. The van der Waals surface area contributed by atoms with Crippen LogP contribution in [0.3, 0.4) is 0 Å². The van der Waals surface area contributed by atoms with Crippen molar-refractivity contribution >= 4 is 39.6 Å². The number of hydrogen-bond acceptors (Lipinski definition) is 8. The number of rotatable bonds is 7. The quantitative estimate of drug-likeness (QED) is 0.222. The zero-order valence-electron chi connectivity index (χ0n) is 20.5. The normalized spacial score (nSPS) is 13.2. The fourth-order valence-corrected chi connectivity index (χ4v) is 4.36. The molecule has 0 aliphatic carbocycles. The maximum Gasteiger partial charge on any atom is 0.340 e. The van der Waals surface area contributed by atoms with Crippen LogP contribution in [0.25, 0.3) is 0 Å². The Bertz CT molecular complexity index is 1130. The number of carbonyl (C=O) groups is 2. The van der Waals surface area contributed by atoms with E-state index in [1.165, 1.54) is 18.2 Å². The van der Waals surface area contributed by atoms with Crippen LogP contribution in [0.5, 0.6) is 11.5 Å². The average molecular weight is 559 g/mol. The molecule has 0 amide bonds. The summed E-state index contributed by atoms with van der Waals surface area (Å²) in [5, 5.41) is 22.4. The highest BCUT2D eigenvalue weighted by Crippen LogP contribution is 2.26. The number of ether oxygens (including phenoxy) is 1. The number of halogens is 1. The van der Waals surface area contributed by atoms with Gasteiger partial charge in [-0.25, -0.2) is 0 Å². The number of benzene rings is 2. The Morgan fingerprint density at radius 3 is 2.08 bits per heavy atom. The number of nitrogens with zero attached hydrogens (tertiary/aromatic N) is 2. The highest BCUT2D eigenvalue weighted by molar-refractivity contribution is 7.87. The lowest BCUT2D eigenvalue weighted by atomic mass is 10.3. The summed E-state index contributed by atoms with van der Waals surface area (Å²) in [7, 11) is -4.04. The second kappa shape index (κ2) is 15.5. The lowest BCUT2D eigenvalue weighted by Gasteiger charge is -2.34. The molecule has 0 radical (unpaired) electrons. The van der Waals surface area contributed by atoms with Crippen LogP contribution in [-0.2, 0) is 19.7 Å². The third-order valence-electron chi connectivity index (χ3n) is 4.51. The summed E-state index contributed by atoms with van der Waals surface area (Å²) >= 11 is 5.96. The smallest absolute Gasteiger partial charge is 0.340 e. The zero-order valence-corrected chi connectivity index (χ0v) is 22.0. The Morgan fingerprint density at radius 1 is 1.00 bits per heavy atom. The molecule has 5 N–H and O–H groups in total. The highest BCUT2D eigenvalue weighted by Gasteiger charge is 2.20. The Kier molecular flexibility index (Phi) is 13.2. The van der Waals surface area contributed by atoms with Gasteiger partial charge in [0.2, 0.25) is 0 Å². The summed E-state index contributed by atoms with van der Waals surface area (Å²) in [6.07, 6.45) is 0. The van der Waals surface area contributed by atoms with E-state index in [-0.39, 0.29) is 21.6 Å². The van der Waals surface area contributed by atoms with Crippen LogP contribution in [0.1, 0.15) is 13.8 Å². The fourth-order valence-electron chi connectivity index (χ4n) is 2.94. The van der Waals surface area contributed by atoms with Crippen molar-refractivity contribution in [3.8, 4) is 11.5 Å². The molecule has 14 heteroatoms. The van der Waals surface area contributed by atoms with Gasteiger partial charge in [0.1, 0.15) is 23.0 Å². The van der Waals surface area contributed by atoms with Gasteiger partial charge in [0.05, 0.1) is 5.02 Å². The predicted molar refractivity (Wildman–Crippen MR) is 138 cm³/mol. The minimum atomic E-state index is -4.04. The van der Waals surface area contributed by atoms with Crippen LogP contribution in [0, 0.1) is 5.41 Å². The van der Waals surface area contributed by atoms with E-state index in [1.54, 1.807) is 30.3 Å². The lowest BCUT2D eigenvalue weighted by Crippen LogP contribution is -2.51. The maximum atomic E-state index is 12.4. The molecule has 1 fully saturated rings. The molecule has 37 heavy (non-hydrogen) atoms. The molecule has 1 saturated heterocycles. The van der Waals surface area contributed by atoms with Crippen LogP contribution in [0.4, 0.5) is 0 Å². The number of carboxylic acids is 2. The number of nitrogens with two attached hydrogens (primary N) is 1. The monoisotopic (exact) mass is 558 g/mol. The molecule has 1 heterocycles. The largest absolute Gasteiger partial charge is 0.492 e. The van der Waals surface area contributed by atoms with Gasteiger partial charge in [-0.2, -0.15) is 8.42 Å². The van der Waals surface area contributed by atoms with Gasteiger partial charge in [0.15, 0.2) is 5.96 Å². The predicted octanol–water partition coefficient (Wildman–Crippen LogP) is 2.18. The molecule has 12 nitrogen and oxygen atoms in total. The van der Waals surface area contributed by atoms with Gasteiger partial charge < -0.3 is 29.8 Å². The molecule has 1 aliphatic heterocycles. The molecule has 0 aromatic heterocycles. The molecule has 2 aromatic carbocycles. The van der Waals surface area contributed by atoms with Crippen molar-refractivity contribution in [1.29, 1.82) is 5.41 Å². The molecule has 0 unspecified atom stereocenters. The first-order valence-electron chi connectivity index (χ1n) is 10.9. The van der Waals surface area contributed by atoms with Gasteiger partial charge in [-0.1, -0.05) is 29.8 Å². The molecule has 1 aliphatic rings. The standard InChI is InChI=1S/C19H23ClN4O4S.2C2H4O2/c20-17-6-1-2-7-18(17)29(25,26)28-16-5-3-4-15(14-16)27-13-12-23-8-10-24(11-9-23)19(21)22;2*1-2(3)4/h1-7,14H,8-13H2,(H3,21,22);2*1H3,(H,3,4). The summed E-state index contributed by atoms with van der Waals surface area (Å²) in [5.74, 6) is -0.902. The minimum absolute atomic E-state index is 0.0855. The van der Waals surface area contributed by atoms with Crippen molar-refractivity contribution < 1.29 is 37.1 Å². The number of guanidine groups is 1. The van der Waals surface area contributed by atoms with E-state index in [2.05, 4.69) is 4.90 Å². The Morgan fingerprint density at radius 2 is 1.54 bits per heavy atom. The number of nitrogens with one attached hydrogen (secondary N) is 1. The van der Waals surface area contributed by atoms with Crippen molar-refractivity contribution in [2.45, 2.75) is 18.7 Å². The molecular formula is C23H31ClN4O8S. The van der Waals surface area contributed by atoms with Crippen LogP contribution in [0.2, 0.25) is 5.02 Å². The molecular weight excluding hydrogens is 528 g/mol. The first kappa shape index (κ1) is 31.5. The van der Waals surface area contributed by atoms with E-state index in [9.17, 15) is 8.42 Å². The molecule has 3 rings (SSSR count). The number of carboxylic acid groups (broad SMARTS) is 2. The summed E-state index contributed by atoms with van der Waals surface area (Å²) in [5.41, 5.74) is 5.50. The number of piperazine rings is 1. The van der Waals surface area contributed by atoms with Crippen molar-refractivity contribution in [1.82, 2.24) is 9.80 Å². The molecule has 2 aromatic rings. The van der Waals surface area contributed by atoms with Gasteiger partial charge in [-0.05, 0) is 24.3 Å². The van der Waals surface area contributed by atoms with Crippen LogP contribution >= 0.6 is 11.6 Å². The van der Waals surface area contributed by atoms with Crippen LogP contribution in [0.15, 0.2) is 53.4 Å². The summed E-state index contributed by atoms with van der Waals surface area (Å²) in [4.78, 5) is 22.0. The van der Waals surface area contributed by atoms with Crippen LogP contribution < -0.4 is 14.7 Å². The summed E-state index contributed by atoms with van der Waals surface area (Å²) in [6.45, 7) is 6.39. The first-order chi connectivity index (χ1) is 17.3. The van der Waals surface area contributed by atoms with E-state index in [0.29, 0.717) is 12.4 Å². The van der Waals surface area contributed by atoms with E-state index in [1.807, 2.05) is 4.90 Å². The van der Waals surface area contributed by atoms with Crippen molar-refractivity contribution in [3.63, 3.8) is 0 Å². The lowest BCUT2D eigenvalue weighted by molar-refractivity contribution is -0.135. The van der Waals surface area contributed by atoms with Crippen molar-refractivity contribution in [2.75, 3.05) is 39.3 Å².